The zero-order valence-corrected chi connectivity index (χ0v) is 14.3. The van der Waals surface area contributed by atoms with E-state index in [1.54, 1.807) is 25.1 Å². The summed E-state index contributed by atoms with van der Waals surface area (Å²) in [6.45, 7) is 2.08. The summed E-state index contributed by atoms with van der Waals surface area (Å²) in [6.07, 6.45) is 6.75. The molecule has 0 atom stereocenters. The average Bonchev–Trinajstić information content (AvgIpc) is 2.91. The number of thiazole rings is 1. The lowest BCUT2D eigenvalue weighted by Crippen LogP contribution is -2.34. The summed E-state index contributed by atoms with van der Waals surface area (Å²) < 4.78 is 2.06. The zero-order chi connectivity index (χ0) is 18.4. The second-order valence-corrected chi connectivity index (χ2v) is 5.96. The van der Waals surface area contributed by atoms with Crippen molar-refractivity contribution < 1.29 is 9.90 Å². The van der Waals surface area contributed by atoms with Crippen LogP contribution in [-0.2, 0) is 11.3 Å². The number of aromatic hydroxyl groups is 1. The second kappa shape index (κ2) is 8.00. The molecule has 2 N–H and O–H groups in total. The molecule has 1 aromatic carbocycles. The number of nitrogens with one attached hydrogen (secondary N) is 1. The SMILES string of the molecule is C#CCNC(=O)/C(C#N)=c1\s/c(=C\c2ccc(O)cc2)c(=O)n1CC. The molecule has 1 amide bonds. The highest BCUT2D eigenvalue weighted by Crippen LogP contribution is 2.09. The number of carbonyl (C=O) groups is 1. The van der Waals surface area contributed by atoms with Gasteiger partial charge in [-0.1, -0.05) is 18.1 Å². The number of hydrogen-bond acceptors (Lipinski definition) is 5. The Morgan fingerprint density at radius 3 is 2.68 bits per heavy atom. The maximum absolute atomic E-state index is 12.6. The number of carbonyl (C=O) groups excluding carboxylic acids is 1. The molecule has 2 rings (SSSR count). The van der Waals surface area contributed by atoms with Gasteiger partial charge in [0.2, 0.25) is 0 Å². The van der Waals surface area contributed by atoms with Crippen LogP contribution in [0.2, 0.25) is 0 Å². The number of rotatable bonds is 4. The Bertz CT molecular complexity index is 1050. The maximum Gasteiger partial charge on any atom is 0.269 e. The summed E-state index contributed by atoms with van der Waals surface area (Å²) in [5.74, 6) is 1.78. The summed E-state index contributed by atoms with van der Waals surface area (Å²) in [4.78, 5) is 24.7. The first-order chi connectivity index (χ1) is 12.0. The number of aromatic nitrogens is 1. The first kappa shape index (κ1) is 18.1. The van der Waals surface area contributed by atoms with E-state index in [1.807, 2.05) is 6.07 Å². The monoisotopic (exact) mass is 353 g/mol. The van der Waals surface area contributed by atoms with E-state index in [4.69, 9.17) is 6.42 Å². The smallest absolute Gasteiger partial charge is 0.269 e. The first-order valence-electron chi connectivity index (χ1n) is 7.38. The quantitative estimate of drug-likeness (QED) is 0.750. The number of phenolic OH excluding ortho intramolecular Hbond substituents is 1. The van der Waals surface area contributed by atoms with Crippen LogP contribution in [0, 0.1) is 23.7 Å². The lowest BCUT2D eigenvalue weighted by molar-refractivity contribution is -0.115. The zero-order valence-electron chi connectivity index (χ0n) is 13.4. The van der Waals surface area contributed by atoms with Crippen LogP contribution in [0.1, 0.15) is 12.5 Å². The molecule has 0 saturated heterocycles. The Morgan fingerprint density at radius 1 is 1.44 bits per heavy atom. The molecule has 0 aliphatic rings. The van der Waals surface area contributed by atoms with E-state index in [-0.39, 0.29) is 28.1 Å². The van der Waals surface area contributed by atoms with E-state index < -0.39 is 5.91 Å². The summed E-state index contributed by atoms with van der Waals surface area (Å²) in [6, 6.07) is 8.21. The largest absolute Gasteiger partial charge is 0.508 e. The molecule has 0 saturated carbocycles. The van der Waals surface area contributed by atoms with Crippen LogP contribution in [-0.4, -0.2) is 22.1 Å². The van der Waals surface area contributed by atoms with Crippen LogP contribution in [0.4, 0.5) is 0 Å². The van der Waals surface area contributed by atoms with E-state index in [2.05, 4.69) is 11.2 Å². The third-order valence-corrected chi connectivity index (χ3v) is 4.45. The number of hydrogen-bond donors (Lipinski definition) is 2. The lowest BCUT2D eigenvalue weighted by atomic mass is 10.2. The van der Waals surface area contributed by atoms with Gasteiger partial charge in [0.25, 0.3) is 11.5 Å². The highest BCUT2D eigenvalue weighted by molar-refractivity contribution is 7.07. The molecule has 0 radical (unpaired) electrons. The Kier molecular flexibility index (Phi) is 5.78. The molecule has 1 aromatic heterocycles. The number of terminal acetylenes is 1. The molecule has 2 aromatic rings. The van der Waals surface area contributed by atoms with Crippen LogP contribution in [0.3, 0.4) is 0 Å². The van der Waals surface area contributed by atoms with Gasteiger partial charge < -0.3 is 10.4 Å². The van der Waals surface area contributed by atoms with Crippen molar-refractivity contribution >= 4 is 28.9 Å². The molecule has 0 bridgehead atoms. The van der Waals surface area contributed by atoms with Crippen molar-refractivity contribution in [2.45, 2.75) is 13.5 Å². The summed E-state index contributed by atoms with van der Waals surface area (Å²) >= 11 is 1.06. The van der Waals surface area contributed by atoms with Crippen molar-refractivity contribution in [2.24, 2.45) is 0 Å². The van der Waals surface area contributed by atoms with Gasteiger partial charge in [0.05, 0.1) is 11.1 Å². The highest BCUT2D eigenvalue weighted by Gasteiger charge is 2.14. The van der Waals surface area contributed by atoms with Crippen molar-refractivity contribution in [3.8, 4) is 24.2 Å². The van der Waals surface area contributed by atoms with Gasteiger partial charge in [-0.3, -0.25) is 14.2 Å². The fraction of sp³-hybridized carbons (Fsp3) is 0.167. The third-order valence-electron chi connectivity index (χ3n) is 3.32. The maximum atomic E-state index is 12.6. The molecule has 7 heteroatoms. The van der Waals surface area contributed by atoms with Crippen molar-refractivity contribution in [3.05, 3.63) is 49.4 Å². The molecule has 6 nitrogen and oxygen atoms in total. The molecule has 25 heavy (non-hydrogen) atoms. The van der Waals surface area contributed by atoms with Gasteiger partial charge in [0.15, 0.2) is 5.57 Å². The molecule has 0 fully saturated rings. The van der Waals surface area contributed by atoms with Crippen LogP contribution in [0.5, 0.6) is 5.75 Å². The normalized spacial score (nSPS) is 12.2. The molecule has 1 heterocycles. The van der Waals surface area contributed by atoms with Gasteiger partial charge in [-0.25, -0.2) is 0 Å². The minimum atomic E-state index is -0.611. The van der Waals surface area contributed by atoms with Gasteiger partial charge >= 0.3 is 0 Å². The van der Waals surface area contributed by atoms with Crippen LogP contribution in [0.25, 0.3) is 11.6 Å². The molecular weight excluding hydrogens is 338 g/mol. The predicted molar refractivity (Wildman–Crippen MR) is 96.0 cm³/mol. The van der Waals surface area contributed by atoms with Crippen molar-refractivity contribution in [2.75, 3.05) is 6.54 Å². The van der Waals surface area contributed by atoms with Gasteiger partial charge in [-0.05, 0) is 30.7 Å². The minimum Gasteiger partial charge on any atom is -0.508 e. The first-order valence-corrected chi connectivity index (χ1v) is 8.20. The topological polar surface area (TPSA) is 95.1 Å². The van der Waals surface area contributed by atoms with Crippen LogP contribution < -0.4 is 20.1 Å². The Hall–Kier alpha value is -3.29. The van der Waals surface area contributed by atoms with Crippen LogP contribution in [0.15, 0.2) is 29.1 Å². The van der Waals surface area contributed by atoms with Crippen molar-refractivity contribution in [1.82, 2.24) is 9.88 Å². The fourth-order valence-corrected chi connectivity index (χ4v) is 3.29. The molecule has 0 aliphatic heterocycles. The van der Waals surface area contributed by atoms with Gasteiger partial charge in [0.1, 0.15) is 16.5 Å². The average molecular weight is 353 g/mol. The predicted octanol–water partition coefficient (Wildman–Crippen LogP) is -0.112. The third kappa shape index (κ3) is 3.97. The number of benzene rings is 1. The van der Waals surface area contributed by atoms with Crippen molar-refractivity contribution in [1.29, 1.82) is 5.26 Å². The summed E-state index contributed by atoms with van der Waals surface area (Å²) in [5, 5.41) is 21.1. The van der Waals surface area contributed by atoms with Crippen molar-refractivity contribution in [3.63, 3.8) is 0 Å². The molecule has 0 spiro atoms. The Balaban J connectivity index is 2.69. The van der Waals surface area contributed by atoms with E-state index in [1.165, 1.54) is 16.7 Å². The number of phenols is 1. The fourth-order valence-electron chi connectivity index (χ4n) is 2.13. The number of amides is 1. The van der Waals surface area contributed by atoms with Gasteiger partial charge in [0, 0.05) is 6.54 Å². The Labute approximate surface area is 148 Å². The van der Waals surface area contributed by atoms with E-state index in [0.29, 0.717) is 11.1 Å². The lowest BCUT2D eigenvalue weighted by Gasteiger charge is -2.00. The summed E-state index contributed by atoms with van der Waals surface area (Å²) in [5.41, 5.74) is 0.291. The standard InChI is InChI=1S/C18H15N3O3S/c1-3-9-20-16(23)14(11-19)18-21(4-2)17(24)15(25-18)10-12-5-7-13(22)8-6-12/h1,5-8,10,22H,4,9H2,2H3,(H,20,23)/b15-10-,18-14-. The Morgan fingerprint density at radius 2 is 2.12 bits per heavy atom. The summed E-state index contributed by atoms with van der Waals surface area (Å²) in [7, 11) is 0. The highest BCUT2D eigenvalue weighted by atomic mass is 32.1. The van der Waals surface area contributed by atoms with E-state index in [0.717, 1.165) is 16.9 Å². The minimum absolute atomic E-state index is 0.00175. The van der Waals surface area contributed by atoms with Crippen LogP contribution >= 0.6 is 11.3 Å². The van der Waals surface area contributed by atoms with E-state index >= 15 is 0 Å². The molecule has 126 valence electrons. The van der Waals surface area contributed by atoms with E-state index in [9.17, 15) is 20.0 Å². The molecule has 0 unspecified atom stereocenters. The second-order valence-electron chi connectivity index (χ2n) is 4.93. The van der Waals surface area contributed by atoms with Gasteiger partial charge in [-0.15, -0.1) is 17.8 Å². The number of nitrogens with zero attached hydrogens (tertiary/aromatic N) is 2. The number of nitriles is 1. The molecular formula is C18H15N3O3S. The molecule has 0 aliphatic carbocycles. The van der Waals surface area contributed by atoms with Gasteiger partial charge in [-0.2, -0.15) is 5.26 Å².